The Morgan fingerprint density at radius 1 is 1.06 bits per heavy atom. The molecule has 100 valence electrons. The van der Waals surface area contributed by atoms with E-state index < -0.39 is 0 Å². The monoisotopic (exact) mass is 238 g/mol. The van der Waals surface area contributed by atoms with Crippen LogP contribution in [0, 0.1) is 11.8 Å². The summed E-state index contributed by atoms with van der Waals surface area (Å²) in [5, 5.41) is 3.64. The van der Waals surface area contributed by atoms with E-state index in [0.717, 1.165) is 17.9 Å². The maximum Gasteiger partial charge on any atom is 0.0195 e. The van der Waals surface area contributed by atoms with Crippen LogP contribution < -0.4 is 5.32 Å². The zero-order chi connectivity index (χ0) is 12.1. The lowest BCUT2D eigenvalue weighted by atomic mass is 10.1. The lowest BCUT2D eigenvalue weighted by molar-refractivity contribution is 0.193. The first kappa shape index (κ1) is 13.4. The van der Waals surface area contributed by atoms with Gasteiger partial charge in [-0.1, -0.05) is 26.7 Å². The molecule has 0 aromatic rings. The molecule has 2 aliphatic rings. The molecule has 2 heteroatoms. The summed E-state index contributed by atoms with van der Waals surface area (Å²) in [7, 11) is 0. The molecule has 17 heavy (non-hydrogen) atoms. The summed E-state index contributed by atoms with van der Waals surface area (Å²) in [6.07, 6.45) is 8.67. The van der Waals surface area contributed by atoms with Gasteiger partial charge in [0.05, 0.1) is 0 Å². The molecule has 0 bridgehead atoms. The van der Waals surface area contributed by atoms with Gasteiger partial charge in [0.15, 0.2) is 0 Å². The number of rotatable bonds is 6. The summed E-state index contributed by atoms with van der Waals surface area (Å²) in [5.41, 5.74) is 0. The van der Waals surface area contributed by atoms with Crippen LogP contribution in [0.25, 0.3) is 0 Å². The summed E-state index contributed by atoms with van der Waals surface area (Å²) in [5.74, 6) is 1.80. The highest BCUT2D eigenvalue weighted by Crippen LogP contribution is 2.26. The number of nitrogens with zero attached hydrogens (tertiary/aromatic N) is 1. The van der Waals surface area contributed by atoms with E-state index in [0.29, 0.717) is 0 Å². The molecule has 1 aliphatic carbocycles. The maximum atomic E-state index is 3.64. The number of nitrogens with one attached hydrogen (secondary N) is 1. The van der Waals surface area contributed by atoms with E-state index in [1.54, 1.807) is 0 Å². The zero-order valence-electron chi connectivity index (χ0n) is 11.8. The Kier molecular flexibility index (Phi) is 5.30. The van der Waals surface area contributed by atoms with Crippen LogP contribution in [-0.4, -0.2) is 37.1 Å². The van der Waals surface area contributed by atoms with E-state index >= 15 is 0 Å². The zero-order valence-corrected chi connectivity index (χ0v) is 11.8. The number of hydrogen-bond acceptors (Lipinski definition) is 2. The van der Waals surface area contributed by atoms with Crippen LogP contribution in [-0.2, 0) is 0 Å². The van der Waals surface area contributed by atoms with Gasteiger partial charge in [0.25, 0.3) is 0 Å². The Morgan fingerprint density at radius 2 is 1.82 bits per heavy atom. The van der Waals surface area contributed by atoms with Gasteiger partial charge in [-0.3, -0.25) is 0 Å². The second kappa shape index (κ2) is 6.75. The van der Waals surface area contributed by atoms with Crippen molar-refractivity contribution < 1.29 is 0 Å². The average Bonchev–Trinajstić information content (AvgIpc) is 2.89. The molecule has 1 heterocycles. The third-order valence-electron chi connectivity index (χ3n) is 4.26. The minimum atomic E-state index is 0.773. The average molecular weight is 238 g/mol. The van der Waals surface area contributed by atoms with E-state index in [9.17, 15) is 0 Å². The Bertz CT molecular complexity index is 185. The van der Waals surface area contributed by atoms with Gasteiger partial charge in [-0.05, 0) is 44.1 Å². The summed E-state index contributed by atoms with van der Waals surface area (Å²) in [6.45, 7) is 9.87. The molecule has 2 nitrogen and oxygen atoms in total. The molecule has 1 N–H and O–H groups in total. The fourth-order valence-electron chi connectivity index (χ4n) is 3.52. The van der Waals surface area contributed by atoms with Gasteiger partial charge in [0.2, 0.25) is 0 Å². The predicted molar refractivity (Wildman–Crippen MR) is 74.3 cm³/mol. The molecule has 0 amide bonds. The Labute approximate surface area is 107 Å². The van der Waals surface area contributed by atoms with Crippen LogP contribution >= 0.6 is 0 Å². The van der Waals surface area contributed by atoms with Crippen LogP contribution in [0.4, 0.5) is 0 Å². The van der Waals surface area contributed by atoms with Gasteiger partial charge in [0, 0.05) is 25.7 Å². The largest absolute Gasteiger partial charge is 0.313 e. The molecule has 0 aromatic heterocycles. The second-order valence-corrected chi connectivity index (χ2v) is 6.56. The molecule has 1 atom stereocenters. The third kappa shape index (κ3) is 4.59. The van der Waals surface area contributed by atoms with Crippen molar-refractivity contribution in [2.45, 2.75) is 58.4 Å². The highest BCUT2D eigenvalue weighted by molar-refractivity contribution is 4.80. The van der Waals surface area contributed by atoms with E-state index in [1.165, 1.54) is 64.7 Å². The first-order valence-corrected chi connectivity index (χ1v) is 7.70. The molecule has 2 rings (SSSR count). The molecular weight excluding hydrogens is 208 g/mol. The quantitative estimate of drug-likeness (QED) is 0.765. The van der Waals surface area contributed by atoms with Crippen molar-refractivity contribution in [3.8, 4) is 0 Å². The van der Waals surface area contributed by atoms with Gasteiger partial charge >= 0.3 is 0 Å². The minimum Gasteiger partial charge on any atom is -0.313 e. The summed E-state index contributed by atoms with van der Waals surface area (Å²) < 4.78 is 0. The minimum absolute atomic E-state index is 0.773. The third-order valence-corrected chi connectivity index (χ3v) is 4.26. The fraction of sp³-hybridized carbons (Fsp3) is 1.00. The molecular formula is C15H30N2. The summed E-state index contributed by atoms with van der Waals surface area (Å²) >= 11 is 0. The first-order chi connectivity index (χ1) is 8.24. The molecule has 1 saturated heterocycles. The van der Waals surface area contributed by atoms with Crippen molar-refractivity contribution >= 4 is 0 Å². The molecule has 1 saturated carbocycles. The highest BCUT2D eigenvalue weighted by Gasteiger charge is 2.22. The Hall–Kier alpha value is -0.0800. The molecule has 1 unspecified atom stereocenters. The van der Waals surface area contributed by atoms with Gasteiger partial charge in [-0.15, -0.1) is 0 Å². The van der Waals surface area contributed by atoms with Crippen LogP contribution in [0.2, 0.25) is 0 Å². The predicted octanol–water partition coefficient (Wildman–Crippen LogP) is 2.89. The fourth-order valence-corrected chi connectivity index (χ4v) is 3.52. The van der Waals surface area contributed by atoms with Crippen LogP contribution in [0.1, 0.15) is 52.4 Å². The maximum absolute atomic E-state index is 3.64. The Balaban J connectivity index is 1.78. The van der Waals surface area contributed by atoms with E-state index in [2.05, 4.69) is 24.1 Å². The van der Waals surface area contributed by atoms with E-state index in [-0.39, 0.29) is 0 Å². The molecule has 1 aliphatic heterocycles. The summed E-state index contributed by atoms with van der Waals surface area (Å²) in [6, 6.07) is 0.773. The van der Waals surface area contributed by atoms with E-state index in [4.69, 9.17) is 0 Å². The van der Waals surface area contributed by atoms with Gasteiger partial charge in [-0.2, -0.15) is 0 Å². The molecule has 0 aromatic carbocycles. The van der Waals surface area contributed by atoms with Gasteiger partial charge in [0.1, 0.15) is 0 Å². The van der Waals surface area contributed by atoms with Crippen molar-refractivity contribution in [2.24, 2.45) is 11.8 Å². The normalized spacial score (nSPS) is 26.5. The first-order valence-electron chi connectivity index (χ1n) is 7.70. The molecule has 0 radical (unpaired) electrons. The number of hydrogen-bond donors (Lipinski definition) is 1. The standard InChI is InChI=1S/C15H30N2/c1-13(2)10-17(11-14-6-3-4-7-14)12-15-8-5-9-16-15/h13-16H,3-12H2,1-2H3. The topological polar surface area (TPSA) is 15.3 Å². The van der Waals surface area contributed by atoms with Crippen molar-refractivity contribution in [1.82, 2.24) is 10.2 Å². The highest BCUT2D eigenvalue weighted by atomic mass is 15.2. The molecule has 2 fully saturated rings. The SMILES string of the molecule is CC(C)CN(CC1CCCC1)CC1CCCN1. The van der Waals surface area contributed by atoms with Crippen molar-refractivity contribution in [2.75, 3.05) is 26.2 Å². The second-order valence-electron chi connectivity index (χ2n) is 6.56. The van der Waals surface area contributed by atoms with Crippen LogP contribution in [0.3, 0.4) is 0 Å². The van der Waals surface area contributed by atoms with E-state index in [1.807, 2.05) is 0 Å². The van der Waals surface area contributed by atoms with Crippen molar-refractivity contribution in [3.63, 3.8) is 0 Å². The van der Waals surface area contributed by atoms with Gasteiger partial charge < -0.3 is 10.2 Å². The van der Waals surface area contributed by atoms with Crippen molar-refractivity contribution in [3.05, 3.63) is 0 Å². The van der Waals surface area contributed by atoms with Crippen molar-refractivity contribution in [1.29, 1.82) is 0 Å². The van der Waals surface area contributed by atoms with Crippen LogP contribution in [0.5, 0.6) is 0 Å². The van der Waals surface area contributed by atoms with Crippen LogP contribution in [0.15, 0.2) is 0 Å². The summed E-state index contributed by atoms with van der Waals surface area (Å²) in [4.78, 5) is 2.74. The van der Waals surface area contributed by atoms with Gasteiger partial charge in [-0.25, -0.2) is 0 Å². The smallest absolute Gasteiger partial charge is 0.0195 e. The lowest BCUT2D eigenvalue weighted by Crippen LogP contribution is -2.41. The lowest BCUT2D eigenvalue weighted by Gasteiger charge is -2.29. The molecule has 0 spiro atoms. The Morgan fingerprint density at radius 3 is 2.41 bits per heavy atom.